The van der Waals surface area contributed by atoms with Crippen molar-refractivity contribution in [1.29, 1.82) is 0 Å². The van der Waals surface area contributed by atoms with Gasteiger partial charge in [0.1, 0.15) is 0 Å². The minimum atomic E-state index is -0.610. The maximum atomic E-state index is 12.1. The fraction of sp³-hybridized carbons (Fsp3) is 0.500. The first kappa shape index (κ1) is 17.4. The van der Waals surface area contributed by atoms with E-state index in [1.165, 1.54) is 12.1 Å². The van der Waals surface area contributed by atoms with Crippen LogP contribution in [0.15, 0.2) is 18.2 Å². The number of benzene rings is 1. The Bertz CT molecular complexity index is 540. The molecule has 0 heterocycles. The minimum absolute atomic E-state index is 0.0684. The van der Waals surface area contributed by atoms with Crippen molar-refractivity contribution >= 4 is 23.2 Å². The zero-order valence-electron chi connectivity index (χ0n) is 12.2. The number of aliphatic hydroxyl groups excluding tert-OH is 1. The topological polar surface area (TPSA) is 92.5 Å². The van der Waals surface area contributed by atoms with Gasteiger partial charge in [-0.2, -0.15) is 0 Å². The maximum absolute atomic E-state index is 12.1. The summed E-state index contributed by atoms with van der Waals surface area (Å²) in [5.41, 5.74) is -0.216. The van der Waals surface area contributed by atoms with E-state index in [0.29, 0.717) is 6.42 Å². The van der Waals surface area contributed by atoms with Gasteiger partial charge in [0, 0.05) is 22.7 Å². The van der Waals surface area contributed by atoms with Crippen LogP contribution in [0.25, 0.3) is 0 Å². The number of hydrogen-bond donors (Lipinski definition) is 2. The van der Waals surface area contributed by atoms with E-state index in [2.05, 4.69) is 5.32 Å². The first-order valence-corrected chi connectivity index (χ1v) is 6.87. The Morgan fingerprint density at radius 1 is 1.43 bits per heavy atom. The van der Waals surface area contributed by atoms with E-state index < -0.39 is 16.9 Å². The molecule has 0 radical (unpaired) electrons. The van der Waals surface area contributed by atoms with Crippen molar-refractivity contribution in [2.24, 2.45) is 5.41 Å². The zero-order chi connectivity index (χ0) is 16.2. The second kappa shape index (κ2) is 6.87. The number of rotatable bonds is 5. The van der Waals surface area contributed by atoms with Crippen molar-refractivity contribution in [3.05, 3.63) is 38.9 Å². The Balaban J connectivity index is 2.90. The third-order valence-corrected chi connectivity index (χ3v) is 2.99. The standard InChI is InChI=1S/C14H19ClN2O4/c1-14(2,3)7-11(8-18)16-13(19)9-4-10(15)6-12(5-9)17(20)21/h4-6,11,18H,7-8H2,1-3H3,(H,16,19). The Morgan fingerprint density at radius 2 is 2.05 bits per heavy atom. The molecule has 0 bridgehead atoms. The van der Waals surface area contributed by atoms with Crippen molar-refractivity contribution in [2.75, 3.05) is 6.61 Å². The van der Waals surface area contributed by atoms with E-state index in [0.717, 1.165) is 6.07 Å². The maximum Gasteiger partial charge on any atom is 0.271 e. The number of nitro benzene ring substituents is 1. The number of non-ortho nitro benzene ring substituents is 1. The molecule has 0 spiro atoms. The third-order valence-electron chi connectivity index (χ3n) is 2.77. The first-order chi connectivity index (χ1) is 9.62. The predicted octanol–water partition coefficient (Wildman–Crippen LogP) is 2.78. The van der Waals surface area contributed by atoms with Crippen LogP contribution >= 0.6 is 11.6 Å². The Morgan fingerprint density at radius 3 is 2.52 bits per heavy atom. The van der Waals surface area contributed by atoms with E-state index >= 15 is 0 Å². The Hall–Kier alpha value is -1.66. The molecule has 0 aliphatic heterocycles. The molecule has 0 saturated carbocycles. The molecule has 0 fully saturated rings. The quantitative estimate of drug-likeness (QED) is 0.645. The average Bonchev–Trinajstić information content (AvgIpc) is 2.35. The molecule has 0 aliphatic carbocycles. The van der Waals surface area contributed by atoms with Crippen LogP contribution in [0.4, 0.5) is 5.69 Å². The highest BCUT2D eigenvalue weighted by Gasteiger charge is 2.21. The van der Waals surface area contributed by atoms with Crippen LogP contribution < -0.4 is 5.32 Å². The highest BCUT2D eigenvalue weighted by atomic mass is 35.5. The van der Waals surface area contributed by atoms with E-state index in [-0.39, 0.29) is 28.3 Å². The molecule has 6 nitrogen and oxygen atoms in total. The molecule has 21 heavy (non-hydrogen) atoms. The van der Waals surface area contributed by atoms with Crippen molar-refractivity contribution in [2.45, 2.75) is 33.2 Å². The van der Waals surface area contributed by atoms with Crippen molar-refractivity contribution in [1.82, 2.24) is 5.32 Å². The average molecular weight is 315 g/mol. The van der Waals surface area contributed by atoms with Crippen molar-refractivity contribution in [3.63, 3.8) is 0 Å². The van der Waals surface area contributed by atoms with Gasteiger partial charge >= 0.3 is 0 Å². The number of amides is 1. The highest BCUT2D eigenvalue weighted by Crippen LogP contribution is 2.23. The molecule has 0 aromatic heterocycles. The van der Waals surface area contributed by atoms with Gasteiger partial charge in [-0.1, -0.05) is 32.4 Å². The predicted molar refractivity (Wildman–Crippen MR) is 80.5 cm³/mol. The molecule has 1 aromatic carbocycles. The van der Waals surface area contributed by atoms with Gasteiger partial charge in [-0.25, -0.2) is 0 Å². The Kier molecular flexibility index (Phi) is 5.69. The number of carbonyl (C=O) groups excluding carboxylic acids is 1. The van der Waals surface area contributed by atoms with E-state index in [1.54, 1.807) is 0 Å². The van der Waals surface area contributed by atoms with E-state index in [4.69, 9.17) is 11.6 Å². The van der Waals surface area contributed by atoms with Crippen LogP contribution in [0.3, 0.4) is 0 Å². The monoisotopic (exact) mass is 314 g/mol. The number of carbonyl (C=O) groups is 1. The lowest BCUT2D eigenvalue weighted by molar-refractivity contribution is -0.384. The fourth-order valence-electron chi connectivity index (χ4n) is 1.98. The molecule has 0 saturated heterocycles. The van der Waals surface area contributed by atoms with Crippen LogP contribution in [0.1, 0.15) is 37.6 Å². The van der Waals surface area contributed by atoms with E-state index in [9.17, 15) is 20.0 Å². The number of hydrogen-bond acceptors (Lipinski definition) is 4. The molecule has 116 valence electrons. The van der Waals surface area contributed by atoms with Gasteiger partial charge in [-0.15, -0.1) is 0 Å². The number of nitro groups is 1. The normalized spacial score (nSPS) is 12.8. The largest absolute Gasteiger partial charge is 0.394 e. The summed E-state index contributed by atoms with van der Waals surface area (Å²) in [7, 11) is 0. The smallest absolute Gasteiger partial charge is 0.271 e. The lowest BCUT2D eigenvalue weighted by Crippen LogP contribution is -2.40. The van der Waals surface area contributed by atoms with Gasteiger partial charge in [0.05, 0.1) is 17.6 Å². The molecule has 0 aliphatic rings. The van der Waals surface area contributed by atoms with Crippen LogP contribution in [0, 0.1) is 15.5 Å². The summed E-state index contributed by atoms with van der Waals surface area (Å²) in [6, 6.07) is 3.27. The Labute approximate surface area is 128 Å². The minimum Gasteiger partial charge on any atom is -0.394 e. The highest BCUT2D eigenvalue weighted by molar-refractivity contribution is 6.31. The van der Waals surface area contributed by atoms with E-state index in [1.807, 2.05) is 20.8 Å². The number of nitrogens with one attached hydrogen (secondary N) is 1. The lowest BCUT2D eigenvalue weighted by atomic mass is 9.88. The second-order valence-corrected chi connectivity index (χ2v) is 6.51. The fourth-order valence-corrected chi connectivity index (χ4v) is 2.21. The van der Waals surface area contributed by atoms with Gasteiger partial charge in [0.15, 0.2) is 0 Å². The molecule has 1 atom stereocenters. The second-order valence-electron chi connectivity index (χ2n) is 6.07. The number of nitrogens with zero attached hydrogens (tertiary/aromatic N) is 1. The van der Waals surface area contributed by atoms with Crippen LogP contribution in [0.5, 0.6) is 0 Å². The molecule has 1 rings (SSSR count). The molecule has 1 amide bonds. The van der Waals surface area contributed by atoms with Crippen molar-refractivity contribution in [3.8, 4) is 0 Å². The number of aliphatic hydroxyl groups is 1. The van der Waals surface area contributed by atoms with Crippen LogP contribution in [-0.2, 0) is 0 Å². The lowest BCUT2D eigenvalue weighted by Gasteiger charge is -2.25. The van der Waals surface area contributed by atoms with Gasteiger partial charge in [0.25, 0.3) is 11.6 Å². The SMILES string of the molecule is CC(C)(C)CC(CO)NC(=O)c1cc(Cl)cc([N+](=O)[O-])c1. The third kappa shape index (κ3) is 5.69. The summed E-state index contributed by atoms with van der Waals surface area (Å²) in [6.45, 7) is 5.77. The van der Waals surface area contributed by atoms with Gasteiger partial charge in [-0.3, -0.25) is 14.9 Å². The summed E-state index contributed by atoms with van der Waals surface area (Å²) in [4.78, 5) is 22.3. The molecule has 1 unspecified atom stereocenters. The summed E-state index contributed by atoms with van der Waals surface area (Å²) < 4.78 is 0. The molecular formula is C14H19ClN2O4. The van der Waals surface area contributed by atoms with Crippen LogP contribution in [-0.4, -0.2) is 28.6 Å². The summed E-state index contributed by atoms with van der Waals surface area (Å²) in [5, 5.41) is 22.9. The van der Waals surface area contributed by atoms with Gasteiger partial charge in [0.2, 0.25) is 0 Å². The molecular weight excluding hydrogens is 296 g/mol. The summed E-state index contributed by atoms with van der Waals surface area (Å²) >= 11 is 5.78. The van der Waals surface area contributed by atoms with Gasteiger partial charge < -0.3 is 10.4 Å². The van der Waals surface area contributed by atoms with Crippen molar-refractivity contribution < 1.29 is 14.8 Å². The summed E-state index contributed by atoms with van der Waals surface area (Å²) in [5.74, 6) is -0.496. The number of halogens is 1. The van der Waals surface area contributed by atoms with Gasteiger partial charge in [-0.05, 0) is 17.9 Å². The molecule has 1 aromatic rings. The zero-order valence-corrected chi connectivity index (χ0v) is 13.0. The summed E-state index contributed by atoms with van der Waals surface area (Å²) in [6.07, 6.45) is 0.581. The molecule has 7 heteroatoms. The molecule has 2 N–H and O–H groups in total. The van der Waals surface area contributed by atoms with Crippen LogP contribution in [0.2, 0.25) is 5.02 Å². The first-order valence-electron chi connectivity index (χ1n) is 6.49.